The Balaban J connectivity index is 1.77. The number of alkyl halides is 3. The van der Waals surface area contributed by atoms with Gasteiger partial charge in [0.1, 0.15) is 11.5 Å². The predicted octanol–water partition coefficient (Wildman–Crippen LogP) is 3.99. The Morgan fingerprint density at radius 3 is 2.36 bits per heavy atom. The Kier molecular flexibility index (Phi) is 7.85. The molecule has 1 heterocycles. The minimum absolute atomic E-state index is 0.0359. The fraction of sp³-hybridized carbons (Fsp3) is 0.409. The first-order valence-electron chi connectivity index (χ1n) is 10.3. The number of anilines is 1. The van der Waals surface area contributed by atoms with Gasteiger partial charge in [-0.1, -0.05) is 12.1 Å². The van der Waals surface area contributed by atoms with Crippen molar-refractivity contribution in [3.05, 3.63) is 48.0 Å². The van der Waals surface area contributed by atoms with E-state index in [0.717, 1.165) is 30.5 Å². The summed E-state index contributed by atoms with van der Waals surface area (Å²) in [4.78, 5) is 12.4. The van der Waals surface area contributed by atoms with E-state index in [1.54, 1.807) is 31.4 Å². The van der Waals surface area contributed by atoms with Crippen molar-refractivity contribution < 1.29 is 35.9 Å². The standard InChI is InChI=1S/C22H25F3N2O5S/c1-31-17-7-4-16(5-8-17)6-11-21(28)26-19-14-18(33(29,30)27-12-2-3-13-27)9-10-20(19)32-15-22(23,24)25/h4-5,7-10,14H,2-3,6,11-13,15H2,1H3,(H,26,28). The lowest BCUT2D eigenvalue weighted by Gasteiger charge is -2.18. The molecular weight excluding hydrogens is 461 g/mol. The van der Waals surface area contributed by atoms with Crippen molar-refractivity contribution in [1.82, 2.24) is 4.31 Å². The van der Waals surface area contributed by atoms with Gasteiger partial charge in [0.15, 0.2) is 6.61 Å². The normalized spacial score (nSPS) is 14.8. The molecule has 0 spiro atoms. The second kappa shape index (κ2) is 10.4. The number of hydrogen-bond donors (Lipinski definition) is 1. The van der Waals surface area contributed by atoms with Gasteiger partial charge in [0.25, 0.3) is 0 Å². The van der Waals surface area contributed by atoms with Crippen LogP contribution in [0.4, 0.5) is 18.9 Å². The van der Waals surface area contributed by atoms with Gasteiger partial charge in [0.2, 0.25) is 15.9 Å². The number of amides is 1. The van der Waals surface area contributed by atoms with E-state index in [1.807, 2.05) is 0 Å². The maximum absolute atomic E-state index is 12.8. The third kappa shape index (κ3) is 6.84. The third-order valence-corrected chi connectivity index (χ3v) is 7.01. The van der Waals surface area contributed by atoms with E-state index in [4.69, 9.17) is 9.47 Å². The quantitative estimate of drug-likeness (QED) is 0.579. The molecule has 1 fully saturated rings. The summed E-state index contributed by atoms with van der Waals surface area (Å²) in [5.74, 6) is -0.0745. The molecule has 180 valence electrons. The Morgan fingerprint density at radius 2 is 1.76 bits per heavy atom. The third-order valence-electron chi connectivity index (χ3n) is 5.12. The van der Waals surface area contributed by atoms with Crippen molar-refractivity contribution in [2.45, 2.75) is 36.8 Å². The van der Waals surface area contributed by atoms with Gasteiger partial charge in [-0.05, 0) is 55.2 Å². The number of rotatable bonds is 9. The second-order valence-electron chi connectivity index (χ2n) is 7.57. The molecule has 11 heteroatoms. The second-order valence-corrected chi connectivity index (χ2v) is 9.51. The molecule has 0 radical (unpaired) electrons. The Hall–Kier alpha value is -2.79. The highest BCUT2D eigenvalue weighted by molar-refractivity contribution is 7.89. The van der Waals surface area contributed by atoms with Crippen LogP contribution in [-0.4, -0.2) is 51.6 Å². The van der Waals surface area contributed by atoms with Crippen molar-refractivity contribution in [3.8, 4) is 11.5 Å². The largest absolute Gasteiger partial charge is 0.497 e. The SMILES string of the molecule is COc1ccc(CCC(=O)Nc2cc(S(=O)(=O)N3CCCC3)ccc2OCC(F)(F)F)cc1. The van der Waals surface area contributed by atoms with Gasteiger partial charge in [-0.3, -0.25) is 4.79 Å². The summed E-state index contributed by atoms with van der Waals surface area (Å²) in [5, 5.41) is 2.50. The van der Waals surface area contributed by atoms with Crippen LogP contribution in [-0.2, 0) is 21.2 Å². The average molecular weight is 487 g/mol. The maximum atomic E-state index is 12.8. The van der Waals surface area contributed by atoms with Crippen LogP contribution in [0.15, 0.2) is 47.4 Å². The van der Waals surface area contributed by atoms with Gasteiger partial charge in [0.05, 0.1) is 17.7 Å². The van der Waals surface area contributed by atoms with Crippen LogP contribution in [0.2, 0.25) is 0 Å². The van der Waals surface area contributed by atoms with Gasteiger partial charge < -0.3 is 14.8 Å². The van der Waals surface area contributed by atoms with Crippen LogP contribution in [0, 0.1) is 0 Å². The highest BCUT2D eigenvalue weighted by Gasteiger charge is 2.30. The lowest BCUT2D eigenvalue weighted by molar-refractivity contribution is -0.153. The Bertz CT molecular complexity index is 1070. The summed E-state index contributed by atoms with van der Waals surface area (Å²) >= 11 is 0. The van der Waals surface area contributed by atoms with Gasteiger partial charge in [-0.25, -0.2) is 8.42 Å². The average Bonchev–Trinajstić information content (AvgIpc) is 3.32. The predicted molar refractivity (Wildman–Crippen MR) is 116 cm³/mol. The minimum atomic E-state index is -4.59. The lowest BCUT2D eigenvalue weighted by atomic mass is 10.1. The molecule has 33 heavy (non-hydrogen) atoms. The van der Waals surface area contributed by atoms with Crippen molar-refractivity contribution in [2.75, 3.05) is 32.1 Å². The number of aryl methyl sites for hydroxylation is 1. The molecule has 0 aliphatic carbocycles. The molecule has 1 saturated heterocycles. The number of hydrogen-bond acceptors (Lipinski definition) is 5. The molecule has 7 nitrogen and oxygen atoms in total. The summed E-state index contributed by atoms with van der Waals surface area (Å²) in [5.41, 5.74) is 0.740. The molecule has 1 N–H and O–H groups in total. The van der Waals surface area contributed by atoms with Crippen LogP contribution in [0.5, 0.6) is 11.5 Å². The van der Waals surface area contributed by atoms with E-state index >= 15 is 0 Å². The fourth-order valence-corrected chi connectivity index (χ4v) is 4.94. The zero-order chi connectivity index (χ0) is 24.1. The van der Waals surface area contributed by atoms with E-state index in [9.17, 15) is 26.4 Å². The van der Waals surface area contributed by atoms with E-state index in [-0.39, 0.29) is 22.8 Å². The van der Waals surface area contributed by atoms with E-state index in [2.05, 4.69) is 5.32 Å². The summed E-state index contributed by atoms with van der Waals surface area (Å²) in [6, 6.07) is 10.6. The number of nitrogens with one attached hydrogen (secondary N) is 1. The molecule has 0 saturated carbocycles. The summed E-state index contributed by atoms with van der Waals surface area (Å²) in [7, 11) is -2.29. The van der Waals surface area contributed by atoms with Crippen LogP contribution in [0.3, 0.4) is 0 Å². The van der Waals surface area contributed by atoms with Crippen LogP contribution < -0.4 is 14.8 Å². The van der Waals surface area contributed by atoms with Crippen LogP contribution >= 0.6 is 0 Å². The molecule has 2 aromatic rings. The fourth-order valence-electron chi connectivity index (χ4n) is 3.39. The van der Waals surface area contributed by atoms with Gasteiger partial charge in [-0.2, -0.15) is 17.5 Å². The number of methoxy groups -OCH3 is 1. The minimum Gasteiger partial charge on any atom is -0.497 e. The number of benzene rings is 2. The monoisotopic (exact) mass is 486 g/mol. The maximum Gasteiger partial charge on any atom is 0.422 e. The summed E-state index contributed by atoms with van der Waals surface area (Å²) < 4.78 is 74.9. The van der Waals surface area contributed by atoms with E-state index < -0.39 is 28.7 Å². The number of carbonyl (C=O) groups excluding carboxylic acids is 1. The molecule has 0 atom stereocenters. The zero-order valence-electron chi connectivity index (χ0n) is 18.0. The zero-order valence-corrected chi connectivity index (χ0v) is 18.8. The molecular formula is C22H25F3N2O5S. The van der Waals surface area contributed by atoms with Gasteiger partial charge in [-0.15, -0.1) is 0 Å². The van der Waals surface area contributed by atoms with Crippen molar-refractivity contribution in [2.24, 2.45) is 0 Å². The number of carbonyl (C=O) groups is 1. The number of nitrogens with zero attached hydrogens (tertiary/aromatic N) is 1. The first-order valence-corrected chi connectivity index (χ1v) is 11.8. The van der Waals surface area contributed by atoms with Crippen molar-refractivity contribution in [3.63, 3.8) is 0 Å². The first-order chi connectivity index (χ1) is 15.6. The summed E-state index contributed by atoms with van der Waals surface area (Å²) in [6.07, 6.45) is -2.70. The lowest BCUT2D eigenvalue weighted by Crippen LogP contribution is -2.28. The molecule has 0 aromatic heterocycles. The smallest absolute Gasteiger partial charge is 0.422 e. The molecule has 3 rings (SSSR count). The first kappa shape index (κ1) is 24.8. The molecule has 1 aliphatic heterocycles. The molecule has 1 amide bonds. The van der Waals surface area contributed by atoms with E-state index in [0.29, 0.717) is 25.3 Å². The topological polar surface area (TPSA) is 84.9 Å². The van der Waals surface area contributed by atoms with Gasteiger partial charge in [0, 0.05) is 19.5 Å². The molecule has 0 bridgehead atoms. The van der Waals surface area contributed by atoms with Crippen molar-refractivity contribution in [1.29, 1.82) is 0 Å². The molecule has 2 aromatic carbocycles. The van der Waals surface area contributed by atoms with E-state index in [1.165, 1.54) is 10.4 Å². The number of sulfonamides is 1. The Morgan fingerprint density at radius 1 is 1.09 bits per heavy atom. The highest BCUT2D eigenvalue weighted by atomic mass is 32.2. The molecule has 1 aliphatic rings. The van der Waals surface area contributed by atoms with Crippen LogP contribution in [0.25, 0.3) is 0 Å². The highest BCUT2D eigenvalue weighted by Crippen LogP contribution is 2.32. The Labute approximate surface area is 190 Å². The summed E-state index contributed by atoms with van der Waals surface area (Å²) in [6.45, 7) is -0.823. The molecule has 0 unspecified atom stereocenters. The number of ether oxygens (including phenoxy) is 2. The van der Waals surface area contributed by atoms with Gasteiger partial charge >= 0.3 is 6.18 Å². The van der Waals surface area contributed by atoms with Crippen molar-refractivity contribution >= 4 is 21.6 Å². The van der Waals surface area contributed by atoms with Crippen LogP contribution in [0.1, 0.15) is 24.8 Å². The number of halogens is 3.